The van der Waals surface area contributed by atoms with Crippen molar-refractivity contribution in [3.63, 3.8) is 0 Å². The van der Waals surface area contributed by atoms with Gasteiger partial charge < -0.3 is 10.0 Å². The van der Waals surface area contributed by atoms with E-state index in [1.165, 1.54) is 0 Å². The number of halogens is 1. The summed E-state index contributed by atoms with van der Waals surface area (Å²) in [4.78, 5) is 1.96. The van der Waals surface area contributed by atoms with Gasteiger partial charge in [0.1, 0.15) is 6.10 Å². The first-order chi connectivity index (χ1) is 6.78. The molecule has 0 fully saturated rings. The van der Waals surface area contributed by atoms with Crippen molar-refractivity contribution in [1.82, 2.24) is 14.7 Å². The number of aliphatic hydroxyl groups is 1. The van der Waals surface area contributed by atoms with E-state index in [1.807, 2.05) is 32.8 Å². The molecule has 1 unspecified atom stereocenters. The average Bonchev–Trinajstić information content (AvgIpc) is 2.45. The van der Waals surface area contributed by atoms with Gasteiger partial charge in [0, 0.05) is 12.6 Å². The van der Waals surface area contributed by atoms with Crippen molar-refractivity contribution in [2.24, 2.45) is 7.05 Å². The van der Waals surface area contributed by atoms with Crippen molar-refractivity contribution >= 4 is 11.6 Å². The van der Waals surface area contributed by atoms with Crippen LogP contribution in [0.4, 0.5) is 0 Å². The molecule has 15 heavy (non-hydrogen) atoms. The molecule has 0 saturated carbocycles. The summed E-state index contributed by atoms with van der Waals surface area (Å²) in [6, 6.07) is 0. The Labute approximate surface area is 95.5 Å². The van der Waals surface area contributed by atoms with Crippen LogP contribution < -0.4 is 0 Å². The number of hydrogen-bond acceptors (Lipinski definition) is 3. The quantitative estimate of drug-likeness (QED) is 0.856. The number of aliphatic hydroxyl groups excluding tert-OH is 1. The van der Waals surface area contributed by atoms with Crippen LogP contribution >= 0.6 is 11.6 Å². The molecule has 0 aromatic carbocycles. The number of aromatic nitrogens is 2. The number of likely N-dealkylation sites (N-methyl/N-ethyl adjacent to an activating group) is 1. The van der Waals surface area contributed by atoms with Crippen molar-refractivity contribution in [3.8, 4) is 0 Å². The van der Waals surface area contributed by atoms with Crippen LogP contribution in [0.5, 0.6) is 0 Å². The summed E-state index contributed by atoms with van der Waals surface area (Å²) >= 11 is 5.99. The highest BCUT2D eigenvalue weighted by Gasteiger charge is 2.34. The fourth-order valence-electron chi connectivity index (χ4n) is 1.31. The number of nitrogens with zero attached hydrogens (tertiary/aromatic N) is 3. The predicted octanol–water partition coefficient (Wildman–Crippen LogP) is 1.45. The third-order valence-corrected chi connectivity index (χ3v) is 3.31. The number of aryl methyl sites for hydroxylation is 1. The van der Waals surface area contributed by atoms with E-state index >= 15 is 0 Å². The van der Waals surface area contributed by atoms with Gasteiger partial charge in [0.25, 0.3) is 0 Å². The molecule has 0 spiro atoms. The molecule has 1 N–H and O–H groups in total. The van der Waals surface area contributed by atoms with Gasteiger partial charge in [0.2, 0.25) is 0 Å². The maximum Gasteiger partial charge on any atom is 0.115 e. The van der Waals surface area contributed by atoms with E-state index in [2.05, 4.69) is 5.10 Å². The molecule has 0 radical (unpaired) electrons. The average molecular weight is 232 g/mol. The first-order valence-corrected chi connectivity index (χ1v) is 5.19. The molecule has 1 atom stereocenters. The first kappa shape index (κ1) is 12.5. The van der Waals surface area contributed by atoms with E-state index < -0.39 is 11.6 Å². The van der Waals surface area contributed by atoms with Gasteiger partial charge in [-0.1, -0.05) is 11.6 Å². The van der Waals surface area contributed by atoms with Crippen LogP contribution in [-0.4, -0.2) is 39.4 Å². The standard InChI is InChI=1S/C10H18ClN3O/c1-10(2,13(3)4)9(15)8-7(11)6-12-14(8)5/h6,9,15H,1-5H3. The Morgan fingerprint density at radius 1 is 1.53 bits per heavy atom. The Bertz CT molecular complexity index is 327. The Morgan fingerprint density at radius 2 is 2.07 bits per heavy atom. The molecular formula is C10H18ClN3O. The van der Waals surface area contributed by atoms with Crippen LogP contribution in [0.3, 0.4) is 0 Å². The monoisotopic (exact) mass is 231 g/mol. The molecule has 1 rings (SSSR count). The normalized spacial score (nSPS) is 14.7. The van der Waals surface area contributed by atoms with E-state index in [0.29, 0.717) is 10.7 Å². The number of rotatable bonds is 3. The molecule has 1 heterocycles. The summed E-state index contributed by atoms with van der Waals surface area (Å²) in [5.41, 5.74) is 0.257. The minimum absolute atomic E-state index is 0.391. The van der Waals surface area contributed by atoms with Gasteiger partial charge in [0.05, 0.1) is 16.9 Å². The van der Waals surface area contributed by atoms with Gasteiger partial charge >= 0.3 is 0 Å². The lowest BCUT2D eigenvalue weighted by molar-refractivity contribution is 0.0113. The Kier molecular flexibility index (Phi) is 3.43. The molecule has 1 aromatic heterocycles. The van der Waals surface area contributed by atoms with Crippen LogP contribution in [0.2, 0.25) is 5.02 Å². The van der Waals surface area contributed by atoms with E-state index in [1.54, 1.807) is 17.9 Å². The Morgan fingerprint density at radius 3 is 2.40 bits per heavy atom. The summed E-state index contributed by atoms with van der Waals surface area (Å²) in [5.74, 6) is 0. The minimum atomic E-state index is -0.674. The van der Waals surface area contributed by atoms with Crippen molar-refractivity contribution < 1.29 is 5.11 Å². The maximum atomic E-state index is 10.3. The van der Waals surface area contributed by atoms with Crippen LogP contribution in [0.15, 0.2) is 6.20 Å². The molecule has 0 saturated heterocycles. The lowest BCUT2D eigenvalue weighted by Crippen LogP contribution is -2.44. The van der Waals surface area contributed by atoms with E-state index in [4.69, 9.17) is 11.6 Å². The maximum absolute atomic E-state index is 10.3. The lowest BCUT2D eigenvalue weighted by atomic mass is 9.93. The highest BCUT2D eigenvalue weighted by molar-refractivity contribution is 6.31. The van der Waals surface area contributed by atoms with Crippen LogP contribution in [-0.2, 0) is 7.05 Å². The zero-order valence-electron chi connectivity index (χ0n) is 9.82. The van der Waals surface area contributed by atoms with Gasteiger partial charge in [0.15, 0.2) is 0 Å². The molecule has 0 amide bonds. The molecule has 0 bridgehead atoms. The zero-order valence-corrected chi connectivity index (χ0v) is 10.6. The molecule has 1 aromatic rings. The molecule has 0 aliphatic rings. The smallest absolute Gasteiger partial charge is 0.115 e. The summed E-state index contributed by atoms with van der Waals surface area (Å²) in [5, 5.41) is 14.8. The van der Waals surface area contributed by atoms with E-state index in [0.717, 1.165) is 0 Å². The lowest BCUT2D eigenvalue weighted by Gasteiger charge is -2.37. The van der Waals surface area contributed by atoms with Gasteiger partial charge in [-0.05, 0) is 27.9 Å². The van der Waals surface area contributed by atoms with Crippen molar-refractivity contribution in [2.75, 3.05) is 14.1 Å². The second kappa shape index (κ2) is 4.12. The summed E-state index contributed by atoms with van der Waals surface area (Å²) in [6.45, 7) is 3.92. The van der Waals surface area contributed by atoms with Crippen molar-refractivity contribution in [2.45, 2.75) is 25.5 Å². The molecule has 0 aliphatic heterocycles. The van der Waals surface area contributed by atoms with Gasteiger partial charge in [-0.3, -0.25) is 4.68 Å². The molecule has 86 valence electrons. The fourth-order valence-corrected chi connectivity index (χ4v) is 1.58. The summed E-state index contributed by atoms with van der Waals surface area (Å²) in [6.07, 6.45) is 0.874. The fraction of sp³-hybridized carbons (Fsp3) is 0.700. The predicted molar refractivity (Wildman–Crippen MR) is 60.9 cm³/mol. The van der Waals surface area contributed by atoms with Gasteiger partial charge in [-0.15, -0.1) is 0 Å². The third-order valence-electron chi connectivity index (χ3n) is 3.02. The van der Waals surface area contributed by atoms with E-state index in [-0.39, 0.29) is 0 Å². The first-order valence-electron chi connectivity index (χ1n) is 4.81. The molecule has 0 aliphatic carbocycles. The zero-order chi connectivity index (χ0) is 11.8. The third kappa shape index (κ3) is 2.17. The van der Waals surface area contributed by atoms with Crippen molar-refractivity contribution in [3.05, 3.63) is 16.9 Å². The van der Waals surface area contributed by atoms with Crippen LogP contribution in [0.25, 0.3) is 0 Å². The summed E-state index contributed by atoms with van der Waals surface area (Å²) < 4.78 is 1.61. The summed E-state index contributed by atoms with van der Waals surface area (Å²) in [7, 11) is 5.62. The van der Waals surface area contributed by atoms with Gasteiger partial charge in [-0.2, -0.15) is 5.10 Å². The Hall–Kier alpha value is -0.580. The molecule has 5 heteroatoms. The highest BCUT2D eigenvalue weighted by atomic mass is 35.5. The topological polar surface area (TPSA) is 41.3 Å². The SMILES string of the molecule is CN(C)C(C)(C)C(O)c1c(Cl)cnn1C. The largest absolute Gasteiger partial charge is 0.385 e. The molecular weight excluding hydrogens is 214 g/mol. The van der Waals surface area contributed by atoms with Crippen LogP contribution in [0, 0.1) is 0 Å². The van der Waals surface area contributed by atoms with E-state index in [9.17, 15) is 5.11 Å². The van der Waals surface area contributed by atoms with Gasteiger partial charge in [-0.25, -0.2) is 0 Å². The second-order valence-electron chi connectivity index (χ2n) is 4.45. The minimum Gasteiger partial charge on any atom is -0.385 e. The molecule has 4 nitrogen and oxygen atoms in total. The second-order valence-corrected chi connectivity index (χ2v) is 4.86. The van der Waals surface area contributed by atoms with Crippen LogP contribution in [0.1, 0.15) is 25.6 Å². The number of hydrogen-bond donors (Lipinski definition) is 1. The Balaban J connectivity index is 3.09. The highest BCUT2D eigenvalue weighted by Crippen LogP contribution is 2.32. The van der Waals surface area contributed by atoms with Crippen molar-refractivity contribution in [1.29, 1.82) is 0 Å².